The molecule has 4 unspecified atom stereocenters. The zero-order valence-electron chi connectivity index (χ0n) is 43.5. The van der Waals surface area contributed by atoms with E-state index in [0.29, 0.717) is 42.3 Å². The number of methoxy groups -OCH3 is 2. The molecule has 7 rings (SSSR count). The number of carbonyl (C=O) groups is 4. The molecule has 2 aromatic heterocycles. The van der Waals surface area contributed by atoms with Gasteiger partial charge in [-0.25, -0.2) is 28.4 Å². The maximum Gasteiger partial charge on any atom is 0.407 e. The lowest BCUT2D eigenvalue weighted by Gasteiger charge is -2.42. The van der Waals surface area contributed by atoms with Gasteiger partial charge in [0.1, 0.15) is 29.5 Å². The maximum absolute atomic E-state index is 16.2. The van der Waals surface area contributed by atoms with E-state index in [-0.39, 0.29) is 18.0 Å². The van der Waals surface area contributed by atoms with Crippen molar-refractivity contribution < 1.29 is 60.4 Å². The van der Waals surface area contributed by atoms with Gasteiger partial charge in [-0.05, 0) is 86.6 Å². The molecular weight excluding hydrogens is 1000 g/mol. The van der Waals surface area contributed by atoms with Crippen molar-refractivity contribution >= 4 is 29.8 Å². The smallest absolute Gasteiger partial charge is 0.407 e. The second kappa shape index (κ2) is 24.0. The van der Waals surface area contributed by atoms with Crippen LogP contribution in [0.2, 0.25) is 0 Å². The molecule has 2 saturated heterocycles. The van der Waals surface area contributed by atoms with Crippen molar-refractivity contribution in [2.75, 3.05) is 65.1 Å². The number of hydrogen-bond acceptors (Lipinski definition) is 13. The molecule has 4 aromatic rings. The number of aliphatic hydroxyl groups excluding tert-OH is 1. The van der Waals surface area contributed by atoms with Crippen LogP contribution in [0, 0.1) is 34.3 Å². The molecule has 0 spiro atoms. The average molecular weight is 1070 g/mol. The molecule has 5 N–H and O–H groups in total. The van der Waals surface area contributed by atoms with Gasteiger partial charge in [-0.2, -0.15) is 18.3 Å². The van der Waals surface area contributed by atoms with E-state index in [4.69, 9.17) is 9.47 Å². The van der Waals surface area contributed by atoms with E-state index in [9.17, 15) is 37.5 Å². The average Bonchev–Trinajstić information content (AvgIpc) is 4.10. The van der Waals surface area contributed by atoms with Crippen LogP contribution in [0.1, 0.15) is 75.8 Å². The van der Waals surface area contributed by atoms with Gasteiger partial charge in [0, 0.05) is 73.9 Å². The monoisotopic (exact) mass is 1060 g/mol. The van der Waals surface area contributed by atoms with Gasteiger partial charge < -0.3 is 40.2 Å². The van der Waals surface area contributed by atoms with E-state index in [2.05, 4.69) is 52.5 Å². The van der Waals surface area contributed by atoms with Crippen molar-refractivity contribution in [1.29, 1.82) is 0 Å². The molecule has 1 aliphatic carbocycles. The van der Waals surface area contributed by atoms with Crippen LogP contribution >= 0.6 is 0 Å². The standard InChI is InChI=1S/C53H65F5N10O8/c1-51(2,3)45(61-49(72)74-6)48(71)64-67(28-38-39(54)25-35(26-40(38)55)41-18-19-68(63-41)36-15-16-36)29-43(69)42(60-47(70)46(62-50(73)75-7)52(4,5)53(56,57)58)24-33-11-8-32(9-12-33)10-13-34-14-17-44(59-27-34)66-22-20-65(21-23-66)37-30-76-31-37/h8-9,11-12,14,17-19,25-27,36-37,42-43,45-46,69H,15-16,20-24,28-31H2,1-7H3,(H,60,70)(H,61,72)(H,62,73)(H,64,71). The van der Waals surface area contributed by atoms with Gasteiger partial charge in [-0.15, -0.1) is 0 Å². The minimum atomic E-state index is -5.05. The Kier molecular flexibility index (Phi) is 17.9. The Hall–Kier alpha value is -6.87. The van der Waals surface area contributed by atoms with Crippen molar-refractivity contribution in [3.63, 3.8) is 0 Å². The molecule has 4 heterocycles. The van der Waals surface area contributed by atoms with Crippen LogP contribution in [0.5, 0.6) is 0 Å². The predicted molar refractivity (Wildman–Crippen MR) is 269 cm³/mol. The summed E-state index contributed by atoms with van der Waals surface area (Å²) in [5.74, 6) is 2.66. The number of rotatable bonds is 18. The first-order valence-corrected chi connectivity index (χ1v) is 24.9. The molecule has 3 aliphatic rings. The summed E-state index contributed by atoms with van der Waals surface area (Å²) in [6.45, 7) is 9.86. The number of pyridine rings is 1. The van der Waals surface area contributed by atoms with Crippen molar-refractivity contribution in [2.24, 2.45) is 10.8 Å². The van der Waals surface area contributed by atoms with Crippen molar-refractivity contribution in [3.05, 3.63) is 101 Å². The van der Waals surface area contributed by atoms with Gasteiger partial charge in [-0.1, -0.05) is 44.7 Å². The van der Waals surface area contributed by atoms with E-state index in [1.165, 1.54) is 0 Å². The highest BCUT2D eigenvalue weighted by Gasteiger charge is 2.56. The SMILES string of the molecule is COC(=O)NC(C(=O)NN(Cc1c(F)cc(-c2ccn(C3CC3)n2)cc1F)CC(O)C(Cc1ccc(C#Cc2ccc(N3CCN(C4COC4)CC3)nc2)cc1)NC(=O)C(NC(=O)OC)C(C)(C)C(F)(F)F)C(C)(C)C. The minimum Gasteiger partial charge on any atom is -0.453 e. The lowest BCUT2D eigenvalue weighted by atomic mass is 9.82. The lowest BCUT2D eigenvalue weighted by molar-refractivity contribution is -0.220. The Morgan fingerprint density at radius 1 is 0.816 bits per heavy atom. The van der Waals surface area contributed by atoms with Crippen LogP contribution in [-0.2, 0) is 36.8 Å². The molecule has 0 radical (unpaired) electrons. The van der Waals surface area contributed by atoms with Crippen LogP contribution < -0.4 is 26.3 Å². The number of ether oxygens (including phenoxy) is 3. The Balaban J connectivity index is 1.15. The normalized spacial score (nSPS) is 17.1. The second-order valence-electron chi connectivity index (χ2n) is 20.9. The maximum atomic E-state index is 16.2. The third kappa shape index (κ3) is 14.3. The Labute approximate surface area is 438 Å². The number of benzene rings is 2. The zero-order valence-corrected chi connectivity index (χ0v) is 43.5. The number of aromatic nitrogens is 3. The fourth-order valence-corrected chi connectivity index (χ4v) is 8.69. The fourth-order valence-electron chi connectivity index (χ4n) is 8.69. The van der Waals surface area contributed by atoms with Crippen LogP contribution in [-0.4, -0.2) is 150 Å². The summed E-state index contributed by atoms with van der Waals surface area (Å²) in [4.78, 5) is 62.4. The first kappa shape index (κ1) is 56.8. The molecule has 410 valence electrons. The molecule has 18 nitrogen and oxygen atoms in total. The molecule has 4 atom stereocenters. The molecule has 23 heteroatoms. The molecule has 3 fully saturated rings. The van der Waals surface area contributed by atoms with Gasteiger partial charge >= 0.3 is 18.4 Å². The summed E-state index contributed by atoms with van der Waals surface area (Å²) in [7, 11) is 1.99. The van der Waals surface area contributed by atoms with E-state index in [1.807, 2.05) is 17.4 Å². The number of hydrazine groups is 1. The molecule has 0 bridgehead atoms. The number of amides is 4. The number of carbonyl (C=O) groups excluding carboxylic acids is 4. The summed E-state index contributed by atoms with van der Waals surface area (Å²) >= 11 is 0. The predicted octanol–water partition coefficient (Wildman–Crippen LogP) is 5.48. The van der Waals surface area contributed by atoms with Crippen LogP contribution in [0.3, 0.4) is 0 Å². The van der Waals surface area contributed by atoms with Crippen LogP contribution in [0.4, 0.5) is 37.4 Å². The number of alkyl halides is 3. The van der Waals surface area contributed by atoms with E-state index >= 15 is 8.78 Å². The number of halogens is 5. The van der Waals surface area contributed by atoms with Gasteiger partial charge in [0.05, 0.1) is 62.8 Å². The Bertz CT molecular complexity index is 2720. The van der Waals surface area contributed by atoms with E-state index in [0.717, 1.165) is 89.4 Å². The molecule has 4 amide bonds. The van der Waals surface area contributed by atoms with Gasteiger partial charge in [0.2, 0.25) is 5.91 Å². The Morgan fingerprint density at radius 2 is 1.42 bits per heavy atom. The van der Waals surface area contributed by atoms with Crippen molar-refractivity contribution in [2.45, 2.75) is 103 Å². The summed E-state index contributed by atoms with van der Waals surface area (Å²) in [6.07, 6.45) is -4.23. The third-order valence-electron chi connectivity index (χ3n) is 13.8. The summed E-state index contributed by atoms with van der Waals surface area (Å²) in [5.41, 5.74) is 0.206. The zero-order chi connectivity index (χ0) is 55.1. The number of hydrogen-bond donors (Lipinski definition) is 5. The number of piperazine rings is 1. The highest BCUT2D eigenvalue weighted by Crippen LogP contribution is 2.41. The van der Waals surface area contributed by atoms with Crippen LogP contribution in [0.25, 0.3) is 11.3 Å². The fraction of sp³-hybridized carbons (Fsp3) is 0.509. The quantitative estimate of drug-likeness (QED) is 0.0477. The summed E-state index contributed by atoms with van der Waals surface area (Å²) in [6, 6.07) is 9.66. The molecule has 76 heavy (non-hydrogen) atoms. The number of alkyl carbamates (subject to hydrolysis) is 2. The summed E-state index contributed by atoms with van der Waals surface area (Å²) < 4.78 is 92.4. The highest BCUT2D eigenvalue weighted by atomic mass is 19.4. The highest BCUT2D eigenvalue weighted by molar-refractivity contribution is 5.87. The lowest BCUT2D eigenvalue weighted by Crippen LogP contribution is -2.63. The Morgan fingerprint density at radius 3 is 1.96 bits per heavy atom. The van der Waals surface area contributed by atoms with Crippen molar-refractivity contribution in [1.82, 2.24) is 46.0 Å². The van der Waals surface area contributed by atoms with Crippen LogP contribution in [0.15, 0.2) is 67.0 Å². The van der Waals surface area contributed by atoms with E-state index in [1.54, 1.807) is 68.2 Å². The molecule has 2 aromatic carbocycles. The number of nitrogens with one attached hydrogen (secondary N) is 4. The first-order chi connectivity index (χ1) is 35.9. The number of nitrogens with zero attached hydrogens (tertiary/aromatic N) is 6. The van der Waals surface area contributed by atoms with E-state index < -0.39 is 95.5 Å². The van der Waals surface area contributed by atoms with Gasteiger partial charge in [-0.3, -0.25) is 24.6 Å². The van der Waals surface area contributed by atoms with Gasteiger partial charge in [0.25, 0.3) is 5.91 Å². The van der Waals surface area contributed by atoms with Crippen molar-refractivity contribution in [3.8, 4) is 23.1 Å². The number of aliphatic hydroxyl groups is 1. The first-order valence-electron chi connectivity index (χ1n) is 24.9. The molecule has 2 aliphatic heterocycles. The molecular formula is C53H65F5N10O8. The molecule has 1 saturated carbocycles. The number of anilines is 1. The topological polar surface area (TPSA) is 205 Å². The second-order valence-corrected chi connectivity index (χ2v) is 20.9. The third-order valence-corrected chi connectivity index (χ3v) is 13.8. The largest absolute Gasteiger partial charge is 0.453 e. The summed E-state index contributed by atoms with van der Waals surface area (Å²) in [5, 5.41) is 24.5. The van der Waals surface area contributed by atoms with Gasteiger partial charge in [0.15, 0.2) is 0 Å². The minimum absolute atomic E-state index is 0.131.